The third-order valence-electron chi connectivity index (χ3n) is 3.63. The fourth-order valence-electron chi connectivity index (χ4n) is 2.44. The Morgan fingerprint density at radius 3 is 2.32 bits per heavy atom. The largest absolute Gasteiger partial charge is 0.494 e. The van der Waals surface area contributed by atoms with Gasteiger partial charge in [0.25, 0.3) is 0 Å². The molecule has 6 nitrogen and oxygen atoms in total. The summed E-state index contributed by atoms with van der Waals surface area (Å²) in [7, 11) is 4.67. The fourth-order valence-corrected chi connectivity index (χ4v) is 2.44. The number of halogens is 1. The Hall–Kier alpha value is -1.66. The molecule has 0 aliphatic carbocycles. The van der Waals surface area contributed by atoms with Gasteiger partial charge in [-0.1, -0.05) is 0 Å². The highest BCUT2D eigenvalue weighted by Crippen LogP contribution is 2.38. The Balaban J connectivity index is 0.00000242. The lowest BCUT2D eigenvalue weighted by atomic mass is 9.99. The van der Waals surface area contributed by atoms with Crippen molar-refractivity contribution in [3.8, 4) is 17.2 Å². The summed E-state index contributed by atoms with van der Waals surface area (Å²) in [5.41, 5.74) is 0.589. The van der Waals surface area contributed by atoms with Gasteiger partial charge in [-0.05, 0) is 19.4 Å². The van der Waals surface area contributed by atoms with E-state index in [9.17, 15) is 4.79 Å². The maximum atomic E-state index is 12.3. The third kappa shape index (κ3) is 4.18. The first-order chi connectivity index (χ1) is 10.2. The molecule has 0 spiro atoms. The van der Waals surface area contributed by atoms with Crippen molar-refractivity contribution in [2.45, 2.75) is 12.8 Å². The number of hydrogen-bond acceptors (Lipinski definition) is 5. The standard InChI is InChI=1S/C15H22N2O4.ClH/c1-19-12-8-14(21-3)13(20-2)7-11(12)17-15(18)10-5-4-6-16-9-10;/h7-8,10,16H,4-6,9H2,1-3H3,(H,17,18);1H. The van der Waals surface area contributed by atoms with Gasteiger partial charge < -0.3 is 24.8 Å². The van der Waals surface area contributed by atoms with Crippen molar-refractivity contribution in [2.75, 3.05) is 39.7 Å². The van der Waals surface area contributed by atoms with Gasteiger partial charge in [-0.2, -0.15) is 0 Å². The van der Waals surface area contributed by atoms with Crippen LogP contribution in [0.5, 0.6) is 17.2 Å². The highest BCUT2D eigenvalue weighted by atomic mass is 35.5. The molecule has 1 aliphatic heterocycles. The molecule has 1 unspecified atom stereocenters. The topological polar surface area (TPSA) is 68.8 Å². The number of carbonyl (C=O) groups is 1. The van der Waals surface area contributed by atoms with Gasteiger partial charge >= 0.3 is 0 Å². The molecule has 0 saturated carbocycles. The smallest absolute Gasteiger partial charge is 0.228 e. The highest BCUT2D eigenvalue weighted by molar-refractivity contribution is 5.94. The molecule has 1 aromatic rings. The van der Waals surface area contributed by atoms with Crippen LogP contribution in [0.4, 0.5) is 5.69 Å². The molecule has 2 N–H and O–H groups in total. The van der Waals surface area contributed by atoms with Crippen LogP contribution in [0.2, 0.25) is 0 Å². The molecule has 1 atom stereocenters. The summed E-state index contributed by atoms with van der Waals surface area (Å²) in [6.45, 7) is 1.69. The van der Waals surface area contributed by atoms with E-state index >= 15 is 0 Å². The summed E-state index contributed by atoms with van der Waals surface area (Å²) in [5, 5.41) is 6.15. The van der Waals surface area contributed by atoms with Crippen LogP contribution in [0, 0.1) is 5.92 Å². The van der Waals surface area contributed by atoms with E-state index in [1.54, 1.807) is 33.5 Å². The second kappa shape index (κ2) is 8.70. The molecular weight excluding hydrogens is 308 g/mol. The Morgan fingerprint density at radius 1 is 1.14 bits per heavy atom. The second-order valence-corrected chi connectivity index (χ2v) is 4.94. The van der Waals surface area contributed by atoms with E-state index in [1.807, 2.05) is 0 Å². The first kappa shape index (κ1) is 18.4. The Bertz CT molecular complexity index is 505. The van der Waals surface area contributed by atoms with E-state index < -0.39 is 0 Å². The van der Waals surface area contributed by atoms with Crippen molar-refractivity contribution < 1.29 is 19.0 Å². The van der Waals surface area contributed by atoms with Gasteiger partial charge in [-0.15, -0.1) is 12.4 Å². The first-order valence-electron chi connectivity index (χ1n) is 7.01. The molecule has 0 aromatic heterocycles. The predicted octanol–water partition coefficient (Wildman–Crippen LogP) is 2.07. The minimum absolute atomic E-state index is 0. The summed E-state index contributed by atoms with van der Waals surface area (Å²) >= 11 is 0. The molecule has 1 amide bonds. The molecule has 7 heteroatoms. The van der Waals surface area contributed by atoms with E-state index in [2.05, 4.69) is 10.6 Å². The zero-order chi connectivity index (χ0) is 15.2. The molecule has 1 aromatic carbocycles. The van der Waals surface area contributed by atoms with Crippen LogP contribution in [-0.4, -0.2) is 40.3 Å². The average molecular weight is 331 g/mol. The normalized spacial score (nSPS) is 17.1. The minimum atomic E-state index is -0.0171. The lowest BCUT2D eigenvalue weighted by Crippen LogP contribution is -2.37. The van der Waals surface area contributed by atoms with Crippen molar-refractivity contribution in [2.24, 2.45) is 5.92 Å². The maximum Gasteiger partial charge on any atom is 0.228 e. The van der Waals surface area contributed by atoms with Crippen LogP contribution in [0.1, 0.15) is 12.8 Å². The summed E-state index contributed by atoms with van der Waals surface area (Å²) in [6.07, 6.45) is 1.91. The molecule has 1 heterocycles. The van der Waals surface area contributed by atoms with Crippen LogP contribution >= 0.6 is 12.4 Å². The van der Waals surface area contributed by atoms with Crippen LogP contribution < -0.4 is 24.8 Å². The minimum Gasteiger partial charge on any atom is -0.494 e. The van der Waals surface area contributed by atoms with Crippen molar-refractivity contribution in [3.63, 3.8) is 0 Å². The summed E-state index contributed by atoms with van der Waals surface area (Å²) < 4.78 is 15.8. The van der Waals surface area contributed by atoms with Crippen molar-refractivity contribution >= 4 is 24.0 Å². The number of ether oxygens (including phenoxy) is 3. The Labute approximate surface area is 136 Å². The van der Waals surface area contributed by atoms with Crippen molar-refractivity contribution in [1.82, 2.24) is 5.32 Å². The van der Waals surface area contributed by atoms with Gasteiger partial charge in [0.2, 0.25) is 5.91 Å². The van der Waals surface area contributed by atoms with Crippen LogP contribution in [0.25, 0.3) is 0 Å². The van der Waals surface area contributed by atoms with Crippen LogP contribution in [0.15, 0.2) is 12.1 Å². The lowest BCUT2D eigenvalue weighted by Gasteiger charge is -2.22. The van der Waals surface area contributed by atoms with Gasteiger partial charge in [0.15, 0.2) is 11.5 Å². The van der Waals surface area contributed by atoms with E-state index in [1.165, 1.54) is 0 Å². The number of amides is 1. The molecule has 0 radical (unpaired) electrons. The zero-order valence-electron chi connectivity index (χ0n) is 13.1. The van der Waals surface area contributed by atoms with Crippen LogP contribution in [-0.2, 0) is 4.79 Å². The van der Waals surface area contributed by atoms with Gasteiger partial charge in [0.05, 0.1) is 32.9 Å². The molecule has 2 rings (SSSR count). The summed E-state index contributed by atoms with van der Waals surface area (Å²) in [5.74, 6) is 1.64. The molecule has 1 aliphatic rings. The SMILES string of the molecule is COc1cc(OC)c(OC)cc1NC(=O)C1CCCNC1.Cl. The van der Waals surface area contributed by atoms with E-state index in [4.69, 9.17) is 14.2 Å². The molecule has 124 valence electrons. The molecule has 1 fully saturated rings. The van der Waals surface area contributed by atoms with E-state index in [0.717, 1.165) is 19.4 Å². The fraction of sp³-hybridized carbons (Fsp3) is 0.533. The van der Waals surface area contributed by atoms with Crippen molar-refractivity contribution in [3.05, 3.63) is 12.1 Å². The Kier molecular flexibility index (Phi) is 7.27. The monoisotopic (exact) mass is 330 g/mol. The van der Waals surface area contributed by atoms with Crippen molar-refractivity contribution in [1.29, 1.82) is 0 Å². The second-order valence-electron chi connectivity index (χ2n) is 4.94. The summed E-state index contributed by atoms with van der Waals surface area (Å²) in [4.78, 5) is 12.3. The van der Waals surface area contributed by atoms with Gasteiger partial charge in [0.1, 0.15) is 5.75 Å². The number of benzene rings is 1. The molecule has 1 saturated heterocycles. The van der Waals surface area contributed by atoms with E-state index in [0.29, 0.717) is 29.5 Å². The van der Waals surface area contributed by atoms with Gasteiger partial charge in [0, 0.05) is 18.7 Å². The number of anilines is 1. The quantitative estimate of drug-likeness (QED) is 0.865. The number of piperidine rings is 1. The summed E-state index contributed by atoms with van der Waals surface area (Å²) in [6, 6.07) is 3.42. The van der Waals surface area contributed by atoms with Gasteiger partial charge in [-0.25, -0.2) is 0 Å². The molecular formula is C15H23ClN2O4. The zero-order valence-corrected chi connectivity index (χ0v) is 13.9. The Morgan fingerprint density at radius 2 is 1.77 bits per heavy atom. The first-order valence-corrected chi connectivity index (χ1v) is 7.01. The van der Waals surface area contributed by atoms with Gasteiger partial charge in [-0.3, -0.25) is 4.79 Å². The highest BCUT2D eigenvalue weighted by Gasteiger charge is 2.22. The number of methoxy groups -OCH3 is 3. The molecule has 22 heavy (non-hydrogen) atoms. The lowest BCUT2D eigenvalue weighted by molar-refractivity contribution is -0.120. The third-order valence-corrected chi connectivity index (χ3v) is 3.63. The maximum absolute atomic E-state index is 12.3. The van der Waals surface area contributed by atoms with Crippen LogP contribution in [0.3, 0.4) is 0 Å². The number of carbonyl (C=O) groups excluding carboxylic acids is 1. The average Bonchev–Trinajstić information content (AvgIpc) is 2.55. The molecule has 0 bridgehead atoms. The number of hydrogen-bond donors (Lipinski definition) is 2. The van der Waals surface area contributed by atoms with E-state index in [-0.39, 0.29) is 24.2 Å². The number of nitrogens with one attached hydrogen (secondary N) is 2. The predicted molar refractivity (Wildman–Crippen MR) is 87.6 cm³/mol. The number of rotatable bonds is 5.